The van der Waals surface area contributed by atoms with Crippen molar-refractivity contribution in [3.05, 3.63) is 58.9 Å². The van der Waals surface area contributed by atoms with Crippen LogP contribution in [0.4, 0.5) is 5.69 Å². The molecule has 22 heteroatoms. The molecule has 0 spiro atoms. The highest BCUT2D eigenvalue weighted by atomic mass is 32.2. The fraction of sp³-hybridized carbons (Fsp3) is 0.179. The standard InChI is InChI=1S/C28H24N4O15S3/c29-18-6-4-15-22(14-3-2-13(12-17(14)27(35)36)28(37)47-32-20(33)8-9-21(32)34)16-5-7-19(30)26(50(43,44)45)24(16)46-23(15)25(18)49(41,42)31-10-1-11-48(38,39)40/h2-7,12,30-31H,1,8-11,29H2,(H,35,36)(H,38,39,40)(H,43,44,45). The Hall–Kier alpha value is -5.26. The molecule has 50 heavy (non-hydrogen) atoms. The van der Waals surface area contributed by atoms with Crippen LogP contribution in [0.15, 0.2) is 56.7 Å². The second-order valence-corrected chi connectivity index (χ2v) is 15.3. The largest absolute Gasteiger partial charge is 0.478 e. The van der Waals surface area contributed by atoms with E-state index in [2.05, 4.69) is 4.72 Å². The van der Waals surface area contributed by atoms with E-state index in [1.54, 1.807) is 0 Å². The molecule has 1 saturated heterocycles. The number of benzene rings is 3. The highest BCUT2D eigenvalue weighted by Gasteiger charge is 2.35. The first-order chi connectivity index (χ1) is 23.2. The maximum Gasteiger partial charge on any atom is 0.363 e. The van der Waals surface area contributed by atoms with Crippen LogP contribution in [0.3, 0.4) is 0 Å². The predicted molar refractivity (Wildman–Crippen MR) is 168 cm³/mol. The van der Waals surface area contributed by atoms with Crippen molar-refractivity contribution in [2.24, 2.45) is 0 Å². The van der Waals surface area contributed by atoms with Crippen LogP contribution in [-0.2, 0) is 44.7 Å². The smallest absolute Gasteiger partial charge is 0.363 e. The molecule has 19 nitrogen and oxygen atoms in total. The number of imide groups is 1. The highest BCUT2D eigenvalue weighted by molar-refractivity contribution is 7.90. The number of hydrogen-bond acceptors (Lipinski definition) is 14. The number of nitrogens with one attached hydrogen (secondary N) is 2. The topological polar surface area (TPSA) is 319 Å². The molecule has 1 aliphatic carbocycles. The molecule has 0 atom stereocenters. The molecule has 264 valence electrons. The first kappa shape index (κ1) is 36.0. The van der Waals surface area contributed by atoms with Crippen LogP contribution in [0.2, 0.25) is 0 Å². The molecule has 0 aromatic heterocycles. The van der Waals surface area contributed by atoms with E-state index in [0.29, 0.717) is 0 Å². The van der Waals surface area contributed by atoms with Crippen LogP contribution in [0.25, 0.3) is 33.4 Å². The van der Waals surface area contributed by atoms with Crippen molar-refractivity contribution in [3.63, 3.8) is 0 Å². The average Bonchev–Trinajstić information content (AvgIpc) is 3.32. The minimum Gasteiger partial charge on any atom is -0.478 e. The van der Waals surface area contributed by atoms with Gasteiger partial charge in [-0.1, -0.05) is 6.07 Å². The lowest BCUT2D eigenvalue weighted by Crippen LogP contribution is -2.32. The lowest BCUT2D eigenvalue weighted by atomic mass is 9.89. The van der Waals surface area contributed by atoms with Crippen LogP contribution < -0.4 is 15.8 Å². The number of nitrogen functional groups attached to an aromatic ring is 1. The van der Waals surface area contributed by atoms with E-state index in [0.717, 1.165) is 36.4 Å². The van der Waals surface area contributed by atoms with Gasteiger partial charge in [-0.2, -0.15) is 16.8 Å². The van der Waals surface area contributed by atoms with Gasteiger partial charge in [-0.3, -0.25) is 24.1 Å². The molecule has 2 aromatic carbocycles. The summed E-state index contributed by atoms with van der Waals surface area (Å²) >= 11 is 0. The minimum absolute atomic E-state index is 0.199. The number of aromatic carboxylic acids is 1. The second kappa shape index (κ2) is 12.9. The number of anilines is 1. The number of carboxylic acid groups (broad SMARTS) is 1. The third-order valence-electron chi connectivity index (χ3n) is 7.33. The Balaban J connectivity index is 1.79. The maximum atomic E-state index is 13.5. The van der Waals surface area contributed by atoms with Crippen molar-refractivity contribution >= 4 is 70.7 Å². The van der Waals surface area contributed by atoms with Gasteiger partial charge in [0.15, 0.2) is 16.2 Å². The van der Waals surface area contributed by atoms with Gasteiger partial charge in [-0.05, 0) is 48.4 Å². The highest BCUT2D eigenvalue weighted by Crippen LogP contribution is 2.45. The van der Waals surface area contributed by atoms with Crippen LogP contribution in [0.1, 0.15) is 40.0 Å². The zero-order chi connectivity index (χ0) is 36.9. The van der Waals surface area contributed by atoms with Gasteiger partial charge in [0.2, 0.25) is 10.0 Å². The van der Waals surface area contributed by atoms with E-state index in [-0.39, 0.29) is 46.4 Å². The fourth-order valence-electron chi connectivity index (χ4n) is 5.20. The molecule has 0 unspecified atom stereocenters. The molecule has 0 bridgehead atoms. The lowest BCUT2D eigenvalue weighted by molar-refractivity contribution is -0.172. The molecule has 1 fully saturated rings. The van der Waals surface area contributed by atoms with Crippen molar-refractivity contribution in [1.29, 1.82) is 5.41 Å². The zero-order valence-electron chi connectivity index (χ0n) is 25.1. The number of amides is 2. The number of sulfonamides is 1. The molecule has 2 amide bonds. The summed E-state index contributed by atoms with van der Waals surface area (Å²) in [5.41, 5.74) is 3.02. The van der Waals surface area contributed by atoms with Crippen molar-refractivity contribution < 1.29 is 67.9 Å². The Morgan fingerprint density at radius 1 is 0.940 bits per heavy atom. The molecular formula is C28H24N4O15S3. The Morgan fingerprint density at radius 2 is 1.58 bits per heavy atom. The second-order valence-electron chi connectivity index (χ2n) is 10.7. The monoisotopic (exact) mass is 752 g/mol. The molecular weight excluding hydrogens is 729 g/mol. The van der Waals surface area contributed by atoms with Gasteiger partial charge in [0.25, 0.3) is 32.1 Å². The van der Waals surface area contributed by atoms with Gasteiger partial charge in [-0.25, -0.2) is 22.7 Å². The quantitative estimate of drug-likeness (QED) is 0.0409. The van der Waals surface area contributed by atoms with E-state index >= 15 is 0 Å². The number of nitrogens with zero attached hydrogens (tertiary/aromatic N) is 1. The SMILES string of the molecule is N=c1ccc2c(-c3ccc(C(=O)ON4C(=O)CCC4=O)cc3C(=O)O)c3ccc(N)c(S(=O)(=O)NCCCS(=O)(=O)O)c3oc-2c1S(=O)(=O)O. The van der Waals surface area contributed by atoms with Crippen molar-refractivity contribution in [2.75, 3.05) is 18.0 Å². The normalized spacial score (nSPS) is 14.1. The van der Waals surface area contributed by atoms with Crippen molar-refractivity contribution in [3.8, 4) is 22.5 Å². The molecule has 2 heterocycles. The van der Waals surface area contributed by atoms with E-state index in [4.69, 9.17) is 25.0 Å². The van der Waals surface area contributed by atoms with E-state index in [9.17, 15) is 54.1 Å². The third kappa shape index (κ3) is 6.92. The van der Waals surface area contributed by atoms with Gasteiger partial charge in [0.05, 0.1) is 27.9 Å². The van der Waals surface area contributed by atoms with E-state index < -0.39 is 110 Å². The zero-order valence-corrected chi connectivity index (χ0v) is 27.5. The number of fused-ring (bicyclic) bond motifs is 2. The van der Waals surface area contributed by atoms with Gasteiger partial charge in [0, 0.05) is 35.9 Å². The molecule has 7 N–H and O–H groups in total. The van der Waals surface area contributed by atoms with E-state index in [1.165, 1.54) is 6.07 Å². The summed E-state index contributed by atoms with van der Waals surface area (Å²) in [5, 5.41) is 17.6. The number of carbonyl (C=O) groups is 4. The summed E-state index contributed by atoms with van der Waals surface area (Å²) in [6.07, 6.45) is -0.808. The Morgan fingerprint density at radius 3 is 2.18 bits per heavy atom. The summed E-state index contributed by atoms with van der Waals surface area (Å²) < 4.78 is 101. The van der Waals surface area contributed by atoms with E-state index in [1.807, 2.05) is 0 Å². The summed E-state index contributed by atoms with van der Waals surface area (Å²) in [7, 11) is -14.5. The molecule has 0 radical (unpaired) electrons. The summed E-state index contributed by atoms with van der Waals surface area (Å²) in [6, 6.07) is 7.33. The van der Waals surface area contributed by atoms with Gasteiger partial charge in [0.1, 0.15) is 4.90 Å². The van der Waals surface area contributed by atoms with Crippen LogP contribution in [0, 0.1) is 5.41 Å². The molecule has 0 saturated carbocycles. The third-order valence-corrected chi connectivity index (χ3v) is 10.6. The van der Waals surface area contributed by atoms with Gasteiger partial charge < -0.3 is 20.1 Å². The fourth-order valence-corrected chi connectivity index (χ4v) is 7.77. The number of rotatable bonds is 11. The predicted octanol–water partition coefficient (Wildman–Crippen LogP) is 0.988. The number of nitrogens with two attached hydrogens (primary N) is 1. The summed E-state index contributed by atoms with van der Waals surface area (Å²) in [4.78, 5) is 52.3. The maximum absolute atomic E-state index is 13.5. The Bertz CT molecular complexity index is 2490. The van der Waals surface area contributed by atoms with Gasteiger partial charge >= 0.3 is 11.9 Å². The summed E-state index contributed by atoms with van der Waals surface area (Å²) in [6.45, 7) is -0.541. The molecule has 3 aliphatic rings. The van der Waals surface area contributed by atoms with Crippen LogP contribution in [-0.4, -0.2) is 80.6 Å². The van der Waals surface area contributed by atoms with Gasteiger partial charge in [-0.15, -0.1) is 5.06 Å². The molecule has 2 aromatic rings. The average molecular weight is 753 g/mol. The van der Waals surface area contributed by atoms with Crippen molar-refractivity contribution in [2.45, 2.75) is 29.1 Å². The number of carbonyl (C=O) groups excluding carboxylic acids is 3. The minimum atomic E-state index is -5.28. The Labute approximate surface area is 281 Å². The number of carboxylic acids is 1. The lowest BCUT2D eigenvalue weighted by Gasteiger charge is -2.21. The van der Waals surface area contributed by atoms with Crippen molar-refractivity contribution in [1.82, 2.24) is 9.79 Å². The summed E-state index contributed by atoms with van der Waals surface area (Å²) in [5.74, 6) is -6.15. The Kier molecular flexibility index (Phi) is 9.29. The number of hydrogen-bond donors (Lipinski definition) is 6. The van der Waals surface area contributed by atoms with Crippen LogP contribution in [0.5, 0.6) is 0 Å². The molecule has 5 rings (SSSR count). The first-order valence-corrected chi connectivity index (χ1v) is 18.5. The van der Waals surface area contributed by atoms with Crippen LogP contribution >= 0.6 is 0 Å². The number of hydroxylamine groups is 2. The molecule has 2 aliphatic heterocycles. The first-order valence-electron chi connectivity index (χ1n) is 14.0.